The van der Waals surface area contributed by atoms with Crippen LogP contribution in [-0.2, 0) is 25.4 Å². The molecule has 0 bridgehead atoms. The van der Waals surface area contributed by atoms with Gasteiger partial charge in [0.25, 0.3) is 6.47 Å². The largest absolute Gasteiger partial charge is 0.449 e. The van der Waals surface area contributed by atoms with Crippen LogP contribution >= 0.6 is 0 Å². The summed E-state index contributed by atoms with van der Waals surface area (Å²) in [5.74, 6) is 0.160. The van der Waals surface area contributed by atoms with Crippen LogP contribution in [0, 0.1) is 0 Å². The summed E-state index contributed by atoms with van der Waals surface area (Å²) in [6.45, 7) is 0.565. The lowest BCUT2D eigenvalue weighted by molar-refractivity contribution is -0.133. The molecule has 3 aromatic heterocycles. The zero-order chi connectivity index (χ0) is 31.5. The second-order valence-electron chi connectivity index (χ2n) is 10.7. The number of hydrogen-bond donors (Lipinski definition) is 7. The minimum atomic E-state index is -1.33. The van der Waals surface area contributed by atoms with Crippen molar-refractivity contribution in [1.29, 1.82) is 0 Å². The number of hydrogen-bond acceptors (Lipinski definition) is 17. The fourth-order valence-corrected chi connectivity index (χ4v) is 5.41. The number of nitrogens with two attached hydrogens (primary N) is 3. The number of ether oxygens (including phenoxy) is 3. The molecule has 3 aromatic rings. The fourth-order valence-electron chi connectivity index (χ4n) is 5.41. The Morgan fingerprint density at radius 1 is 1.09 bits per heavy atom. The summed E-state index contributed by atoms with van der Waals surface area (Å²) >= 11 is 0. The number of nitrogens with zero attached hydrogens (tertiary/aromatic N) is 7. The molecule has 5 heterocycles. The number of rotatable bonds is 13. The van der Waals surface area contributed by atoms with Crippen molar-refractivity contribution in [2.24, 2.45) is 5.73 Å². The third kappa shape index (κ3) is 6.49. The average molecular weight is 621 g/mol. The van der Waals surface area contributed by atoms with E-state index in [0.717, 1.165) is 0 Å². The van der Waals surface area contributed by atoms with E-state index in [0.29, 0.717) is 29.8 Å². The number of aliphatic hydroxyl groups is 4. The molecule has 2 fully saturated rings. The van der Waals surface area contributed by atoms with Crippen molar-refractivity contribution in [2.75, 3.05) is 37.7 Å². The van der Waals surface area contributed by atoms with Gasteiger partial charge in [-0.2, -0.15) is 4.98 Å². The first-order valence-corrected chi connectivity index (χ1v) is 13.9. The summed E-state index contributed by atoms with van der Waals surface area (Å²) in [5, 5.41) is 41.3. The molecule has 240 valence electrons. The molecule has 0 spiro atoms. The molecule has 0 aliphatic carbocycles. The first-order valence-electron chi connectivity index (χ1n) is 13.9. The first-order chi connectivity index (χ1) is 21.1. The second-order valence-corrected chi connectivity index (χ2v) is 10.7. The first kappa shape index (κ1) is 31.6. The Kier molecular flexibility index (Phi) is 9.65. The highest BCUT2D eigenvalue weighted by Gasteiger charge is 2.45. The summed E-state index contributed by atoms with van der Waals surface area (Å²) < 4.78 is 19.2. The highest BCUT2D eigenvalue weighted by molar-refractivity contribution is 5.81. The standard InChI is InChI=1S/C25H36N10O9/c26-16(42-11-37)2-4-33(3-1-12-6-34(25(41)32-21(12)27)17-5-13(38)15(8-36)43-17)7-14-19(39)20(40)24(44-14)35-10-31-18-22(28)29-9-30-23(18)35/h6,9-11,13-17,19-20,24,36,38-40H,1-5,7-8,26H2,(H2,27,32,41)(H2,28,29,30)/t13-,14+,15+,16+,17+,19+,20+,24+/m0/s1. The average Bonchev–Trinajstić information content (AvgIpc) is 3.67. The molecule has 0 radical (unpaired) electrons. The molecule has 19 nitrogen and oxygen atoms in total. The molecule has 2 aliphatic heterocycles. The molecule has 2 saturated heterocycles. The molecule has 44 heavy (non-hydrogen) atoms. The highest BCUT2D eigenvalue weighted by Crippen LogP contribution is 2.33. The van der Waals surface area contributed by atoms with Crippen molar-refractivity contribution < 1.29 is 39.4 Å². The highest BCUT2D eigenvalue weighted by atomic mass is 16.6. The van der Waals surface area contributed by atoms with Gasteiger partial charge in [0.05, 0.1) is 19.0 Å². The van der Waals surface area contributed by atoms with Crippen LogP contribution in [0.15, 0.2) is 23.6 Å². The summed E-state index contributed by atoms with van der Waals surface area (Å²) in [6, 6.07) is 0. The predicted molar refractivity (Wildman–Crippen MR) is 150 cm³/mol. The lowest BCUT2D eigenvalue weighted by atomic mass is 10.1. The van der Waals surface area contributed by atoms with E-state index in [1.54, 1.807) is 0 Å². The maximum Gasteiger partial charge on any atom is 0.351 e. The topological polar surface area (TPSA) is 285 Å². The normalized spacial score (nSPS) is 27.7. The Hall–Kier alpha value is -3.82. The van der Waals surface area contributed by atoms with Crippen LogP contribution in [0.25, 0.3) is 11.2 Å². The van der Waals surface area contributed by atoms with Crippen LogP contribution in [0.3, 0.4) is 0 Å². The van der Waals surface area contributed by atoms with Gasteiger partial charge in [0, 0.05) is 44.2 Å². The van der Waals surface area contributed by atoms with Gasteiger partial charge in [0.1, 0.15) is 48.3 Å². The molecular formula is C25H36N10O9. The Labute approximate surface area is 249 Å². The number of anilines is 2. The molecule has 0 aromatic carbocycles. The van der Waals surface area contributed by atoms with E-state index in [4.69, 9.17) is 31.4 Å². The van der Waals surface area contributed by atoms with Crippen molar-refractivity contribution in [3.63, 3.8) is 0 Å². The number of carbonyl (C=O) groups excluding carboxylic acids is 1. The van der Waals surface area contributed by atoms with Gasteiger partial charge < -0.3 is 51.0 Å². The Morgan fingerprint density at radius 2 is 1.89 bits per heavy atom. The Balaban J connectivity index is 1.32. The van der Waals surface area contributed by atoms with Crippen molar-refractivity contribution in [3.05, 3.63) is 34.9 Å². The summed E-state index contributed by atoms with van der Waals surface area (Å²) in [4.78, 5) is 41.4. The number of aliphatic hydroxyl groups excluding tert-OH is 4. The van der Waals surface area contributed by atoms with E-state index < -0.39 is 61.5 Å². The minimum absolute atomic E-state index is 0.00493. The maximum atomic E-state index is 12.6. The van der Waals surface area contributed by atoms with Crippen molar-refractivity contribution >= 4 is 29.3 Å². The number of fused-ring (bicyclic) bond motifs is 1. The quantitative estimate of drug-likeness (QED) is 0.0712. The van der Waals surface area contributed by atoms with E-state index >= 15 is 0 Å². The SMILES string of the molecule is Nc1nc(=O)n([C@H]2C[C@H](O)[C@@H](CO)O2)cc1CCN(CC[C@H](N)OC=O)C[C@H]1O[C@@H](n2cnc3c(N)ncnc32)[C@H](O)[C@@H]1O. The molecule has 0 unspecified atom stereocenters. The fraction of sp³-hybridized carbons (Fsp3) is 0.600. The molecule has 2 aliphatic rings. The molecule has 0 amide bonds. The van der Waals surface area contributed by atoms with Crippen LogP contribution < -0.4 is 22.9 Å². The zero-order valence-electron chi connectivity index (χ0n) is 23.6. The number of imidazole rings is 1. The van der Waals surface area contributed by atoms with Crippen molar-refractivity contribution in [3.8, 4) is 0 Å². The number of aromatic nitrogens is 6. The number of nitrogen functional groups attached to an aromatic ring is 2. The van der Waals surface area contributed by atoms with Gasteiger partial charge in [-0.05, 0) is 6.42 Å². The summed E-state index contributed by atoms with van der Waals surface area (Å²) in [5.41, 5.74) is 18.3. The van der Waals surface area contributed by atoms with E-state index in [9.17, 15) is 30.0 Å². The van der Waals surface area contributed by atoms with E-state index in [1.807, 2.05) is 4.90 Å². The van der Waals surface area contributed by atoms with Crippen LogP contribution in [0.4, 0.5) is 11.6 Å². The third-order valence-electron chi connectivity index (χ3n) is 7.85. The molecule has 19 heteroatoms. The van der Waals surface area contributed by atoms with Gasteiger partial charge in [-0.3, -0.25) is 19.7 Å². The van der Waals surface area contributed by atoms with E-state index in [1.165, 1.54) is 28.0 Å². The van der Waals surface area contributed by atoms with Gasteiger partial charge >= 0.3 is 5.69 Å². The van der Waals surface area contributed by atoms with Gasteiger partial charge in [0.15, 0.2) is 23.9 Å². The monoisotopic (exact) mass is 620 g/mol. The van der Waals surface area contributed by atoms with Crippen LogP contribution in [-0.4, -0.2) is 124 Å². The van der Waals surface area contributed by atoms with Crippen LogP contribution in [0.2, 0.25) is 0 Å². The minimum Gasteiger partial charge on any atom is -0.449 e. The summed E-state index contributed by atoms with van der Waals surface area (Å²) in [6.07, 6.45) is -3.27. The smallest absolute Gasteiger partial charge is 0.351 e. The number of carbonyl (C=O) groups is 1. The predicted octanol–water partition coefficient (Wildman–Crippen LogP) is -3.80. The van der Waals surface area contributed by atoms with Gasteiger partial charge in [-0.15, -0.1) is 0 Å². The van der Waals surface area contributed by atoms with Crippen LogP contribution in [0.5, 0.6) is 0 Å². The lowest BCUT2D eigenvalue weighted by Crippen LogP contribution is -2.42. The van der Waals surface area contributed by atoms with E-state index in [2.05, 4.69) is 19.9 Å². The zero-order valence-corrected chi connectivity index (χ0v) is 23.6. The maximum absolute atomic E-state index is 12.6. The second kappa shape index (κ2) is 13.4. The molecule has 10 N–H and O–H groups in total. The molecule has 5 rings (SSSR count). The van der Waals surface area contributed by atoms with Gasteiger partial charge in [0.2, 0.25) is 0 Å². The molecule has 0 saturated carbocycles. The van der Waals surface area contributed by atoms with Crippen LogP contribution in [0.1, 0.15) is 30.9 Å². The van der Waals surface area contributed by atoms with Crippen molar-refractivity contribution in [2.45, 2.75) is 68.5 Å². The summed E-state index contributed by atoms with van der Waals surface area (Å²) in [7, 11) is 0. The third-order valence-corrected chi connectivity index (χ3v) is 7.85. The van der Waals surface area contributed by atoms with E-state index in [-0.39, 0.29) is 43.9 Å². The Bertz CT molecular complexity index is 1500. The molecule has 8 atom stereocenters. The Morgan fingerprint density at radius 3 is 2.61 bits per heavy atom. The lowest BCUT2D eigenvalue weighted by Gasteiger charge is -2.27. The van der Waals surface area contributed by atoms with Crippen molar-refractivity contribution in [1.82, 2.24) is 34.0 Å². The van der Waals surface area contributed by atoms with Gasteiger partial charge in [-0.25, -0.2) is 19.7 Å². The molecular weight excluding hydrogens is 584 g/mol. The van der Waals surface area contributed by atoms with Gasteiger partial charge in [-0.1, -0.05) is 0 Å².